The number of rotatable bonds is 4. The van der Waals surface area contributed by atoms with Crippen molar-refractivity contribution in [2.75, 3.05) is 18.5 Å². The molecule has 2 aromatic carbocycles. The number of hydrogen-bond acceptors (Lipinski definition) is 4. The number of carbonyl (C=O) groups excluding carboxylic acids is 1. The first-order valence-electron chi connectivity index (χ1n) is 9.95. The van der Waals surface area contributed by atoms with Crippen molar-refractivity contribution in [3.8, 4) is 5.69 Å². The molecule has 8 heteroatoms. The number of amides is 1. The Labute approximate surface area is 175 Å². The molecule has 1 aromatic heterocycles. The fraction of sp³-hybridized carbons (Fsp3) is 0.273. The first-order valence-corrected chi connectivity index (χ1v) is 11.4. The van der Waals surface area contributed by atoms with Crippen molar-refractivity contribution >= 4 is 21.6 Å². The number of sulfonamides is 1. The quantitative estimate of drug-likeness (QED) is 0.648. The number of nitrogens with zero attached hydrogens (tertiary/aromatic N) is 4. The normalized spacial score (nSPS) is 17.6. The zero-order valence-electron chi connectivity index (χ0n) is 16.6. The largest absolute Gasteiger partial charge is 0.310 e. The van der Waals surface area contributed by atoms with Gasteiger partial charge in [-0.1, -0.05) is 30.3 Å². The molecule has 2 aliphatic rings. The van der Waals surface area contributed by atoms with Gasteiger partial charge in [0.25, 0.3) is 5.91 Å². The summed E-state index contributed by atoms with van der Waals surface area (Å²) in [6.45, 7) is 0.585. The van der Waals surface area contributed by atoms with Crippen LogP contribution in [0.4, 0.5) is 5.69 Å². The third kappa shape index (κ3) is 3.12. The Hall–Kier alpha value is -2.97. The van der Waals surface area contributed by atoms with Gasteiger partial charge in [0.15, 0.2) is 5.69 Å². The molecule has 7 nitrogen and oxygen atoms in total. The minimum Gasteiger partial charge on any atom is -0.310 e. The van der Waals surface area contributed by atoms with Crippen molar-refractivity contribution in [2.45, 2.75) is 24.3 Å². The molecular formula is C22H22N4O3S. The number of para-hydroxylation sites is 2. The van der Waals surface area contributed by atoms with Gasteiger partial charge in [0.1, 0.15) is 11.2 Å². The van der Waals surface area contributed by atoms with E-state index in [4.69, 9.17) is 0 Å². The minimum absolute atomic E-state index is 0.122. The monoisotopic (exact) mass is 422 g/mol. The predicted octanol–water partition coefficient (Wildman–Crippen LogP) is 3.06. The van der Waals surface area contributed by atoms with Crippen molar-refractivity contribution < 1.29 is 13.2 Å². The maximum Gasteiger partial charge on any atom is 0.278 e. The molecule has 0 radical (unpaired) electrons. The van der Waals surface area contributed by atoms with Crippen molar-refractivity contribution in [2.24, 2.45) is 5.92 Å². The van der Waals surface area contributed by atoms with Crippen molar-refractivity contribution in [1.29, 1.82) is 0 Å². The van der Waals surface area contributed by atoms with Crippen LogP contribution < -0.4 is 4.90 Å². The number of anilines is 1. The van der Waals surface area contributed by atoms with Gasteiger partial charge in [0.2, 0.25) is 10.0 Å². The van der Waals surface area contributed by atoms with Crippen LogP contribution in [0.5, 0.6) is 0 Å². The van der Waals surface area contributed by atoms with Gasteiger partial charge >= 0.3 is 0 Å². The molecule has 1 fully saturated rings. The summed E-state index contributed by atoms with van der Waals surface area (Å²) in [5.41, 5.74) is 2.14. The minimum atomic E-state index is -3.67. The summed E-state index contributed by atoms with van der Waals surface area (Å²) in [6, 6.07) is 16.2. The van der Waals surface area contributed by atoms with Gasteiger partial charge in [-0.3, -0.25) is 9.36 Å². The number of imidazole rings is 1. The van der Waals surface area contributed by atoms with Crippen LogP contribution in [-0.4, -0.2) is 41.8 Å². The van der Waals surface area contributed by atoms with Crippen LogP contribution in [-0.2, 0) is 16.6 Å². The Kier molecular flexibility index (Phi) is 4.48. The Morgan fingerprint density at radius 3 is 2.53 bits per heavy atom. The van der Waals surface area contributed by atoms with Gasteiger partial charge in [-0.25, -0.2) is 13.4 Å². The Morgan fingerprint density at radius 1 is 1.10 bits per heavy atom. The molecule has 30 heavy (non-hydrogen) atoms. The number of carbonyl (C=O) groups is 1. The van der Waals surface area contributed by atoms with Gasteiger partial charge in [0.05, 0.1) is 17.9 Å². The summed E-state index contributed by atoms with van der Waals surface area (Å²) < 4.78 is 30.0. The molecule has 1 aliphatic heterocycles. The van der Waals surface area contributed by atoms with Crippen LogP contribution in [0, 0.1) is 5.92 Å². The zero-order valence-corrected chi connectivity index (χ0v) is 17.4. The molecule has 0 atom stereocenters. The molecule has 1 amide bonds. The molecule has 0 unspecified atom stereocenters. The lowest BCUT2D eigenvalue weighted by atomic mass is 10.2. The van der Waals surface area contributed by atoms with Gasteiger partial charge in [0, 0.05) is 19.3 Å². The molecule has 1 aliphatic carbocycles. The molecule has 0 saturated heterocycles. The number of hydrogen-bond donors (Lipinski definition) is 0. The fourth-order valence-electron chi connectivity index (χ4n) is 3.86. The first-order chi connectivity index (χ1) is 14.5. The van der Waals surface area contributed by atoms with Crippen LogP contribution in [0.25, 0.3) is 5.69 Å². The van der Waals surface area contributed by atoms with Gasteiger partial charge in [-0.2, -0.15) is 4.31 Å². The molecule has 154 valence electrons. The molecule has 3 aromatic rings. The summed E-state index contributed by atoms with van der Waals surface area (Å²) in [7, 11) is -1.97. The van der Waals surface area contributed by atoms with Gasteiger partial charge in [-0.05, 0) is 43.0 Å². The topological polar surface area (TPSA) is 75.5 Å². The zero-order chi connectivity index (χ0) is 20.9. The maximum atomic E-state index is 13.4. The van der Waals surface area contributed by atoms with E-state index in [2.05, 4.69) is 4.98 Å². The molecule has 1 saturated carbocycles. The van der Waals surface area contributed by atoms with Gasteiger partial charge in [-0.15, -0.1) is 0 Å². The van der Waals surface area contributed by atoms with E-state index in [0.29, 0.717) is 23.8 Å². The third-order valence-electron chi connectivity index (χ3n) is 5.74. The molecule has 0 bridgehead atoms. The first kappa shape index (κ1) is 19.0. The van der Waals surface area contributed by atoms with E-state index in [1.165, 1.54) is 4.31 Å². The van der Waals surface area contributed by atoms with E-state index in [1.54, 1.807) is 47.1 Å². The van der Waals surface area contributed by atoms with Crippen molar-refractivity contribution in [3.63, 3.8) is 0 Å². The van der Waals surface area contributed by atoms with E-state index in [-0.39, 0.29) is 23.0 Å². The Morgan fingerprint density at radius 2 is 1.80 bits per heavy atom. The Bertz CT molecular complexity index is 1220. The predicted molar refractivity (Wildman–Crippen MR) is 113 cm³/mol. The summed E-state index contributed by atoms with van der Waals surface area (Å²) >= 11 is 0. The molecule has 0 N–H and O–H groups in total. The molecule has 5 rings (SSSR count). The lowest BCUT2D eigenvalue weighted by Crippen LogP contribution is -2.33. The van der Waals surface area contributed by atoms with E-state index < -0.39 is 10.0 Å². The van der Waals surface area contributed by atoms with Crippen LogP contribution in [0.15, 0.2) is 65.8 Å². The van der Waals surface area contributed by atoms with Crippen molar-refractivity contribution in [3.05, 3.63) is 72.3 Å². The molecule has 0 spiro atoms. The standard InChI is InChI=1S/C22H22N4O3S/c1-24(17-7-3-2-4-8-17)22(27)21-19-14-25(13-16-11-12-16)30(28,29)20-10-6-5-9-18(20)26(19)15-23-21/h2-10,15-16H,11-14H2,1H3. The average molecular weight is 423 g/mol. The number of aromatic nitrogens is 2. The fourth-order valence-corrected chi connectivity index (χ4v) is 5.51. The average Bonchev–Trinajstić information content (AvgIpc) is 3.51. The highest BCUT2D eigenvalue weighted by Crippen LogP contribution is 2.36. The van der Waals surface area contributed by atoms with Crippen LogP contribution >= 0.6 is 0 Å². The highest BCUT2D eigenvalue weighted by molar-refractivity contribution is 7.89. The summed E-state index contributed by atoms with van der Waals surface area (Å²) in [6.07, 6.45) is 3.63. The SMILES string of the molecule is CN(C(=O)c1ncn2c1CN(CC1CC1)S(=O)(=O)c1ccccc1-2)c1ccccc1. The van der Waals surface area contributed by atoms with E-state index >= 15 is 0 Å². The molecule has 2 heterocycles. The Balaban J connectivity index is 1.62. The van der Waals surface area contributed by atoms with Gasteiger partial charge < -0.3 is 4.90 Å². The van der Waals surface area contributed by atoms with Crippen molar-refractivity contribution in [1.82, 2.24) is 13.9 Å². The highest BCUT2D eigenvalue weighted by atomic mass is 32.2. The summed E-state index contributed by atoms with van der Waals surface area (Å²) in [5.74, 6) is 0.116. The van der Waals surface area contributed by atoms with Crippen LogP contribution in [0.2, 0.25) is 0 Å². The van der Waals surface area contributed by atoms with Crippen LogP contribution in [0.1, 0.15) is 29.0 Å². The lowest BCUT2D eigenvalue weighted by molar-refractivity contribution is 0.0987. The molecular weight excluding hydrogens is 400 g/mol. The second-order valence-electron chi connectivity index (χ2n) is 7.82. The highest BCUT2D eigenvalue weighted by Gasteiger charge is 2.38. The van der Waals surface area contributed by atoms with E-state index in [1.807, 2.05) is 30.3 Å². The number of fused-ring (bicyclic) bond motifs is 3. The lowest BCUT2D eigenvalue weighted by Gasteiger charge is -2.21. The third-order valence-corrected chi connectivity index (χ3v) is 7.60. The van der Waals surface area contributed by atoms with E-state index in [0.717, 1.165) is 18.5 Å². The smallest absolute Gasteiger partial charge is 0.278 e. The second-order valence-corrected chi connectivity index (χ2v) is 9.72. The maximum absolute atomic E-state index is 13.4. The second kappa shape index (κ2) is 7.07. The number of benzene rings is 2. The van der Waals surface area contributed by atoms with Crippen LogP contribution in [0.3, 0.4) is 0 Å². The summed E-state index contributed by atoms with van der Waals surface area (Å²) in [5, 5.41) is 0. The van der Waals surface area contributed by atoms with E-state index in [9.17, 15) is 13.2 Å². The summed E-state index contributed by atoms with van der Waals surface area (Å²) in [4.78, 5) is 19.5.